The van der Waals surface area contributed by atoms with Gasteiger partial charge in [0.15, 0.2) is 0 Å². The number of hydrogen-bond donors (Lipinski definition) is 0. The van der Waals surface area contributed by atoms with Crippen LogP contribution < -0.4 is 0 Å². The third kappa shape index (κ3) is 1.85. The first-order chi connectivity index (χ1) is 9.92. The lowest BCUT2D eigenvalue weighted by atomic mass is 9.73. The molecule has 116 valence electrons. The van der Waals surface area contributed by atoms with Crippen molar-refractivity contribution in [1.82, 2.24) is 0 Å². The molecule has 21 heavy (non-hydrogen) atoms. The summed E-state index contributed by atoms with van der Waals surface area (Å²) in [7, 11) is 0. The number of carbonyl (C=O) groups is 2. The molecule has 6 unspecified atom stereocenters. The zero-order chi connectivity index (χ0) is 14.8. The Morgan fingerprint density at radius 3 is 1.52 bits per heavy atom. The molecule has 4 aliphatic rings. The van der Waals surface area contributed by atoms with Gasteiger partial charge in [-0.1, -0.05) is 12.8 Å². The molecule has 3 nitrogen and oxygen atoms in total. The van der Waals surface area contributed by atoms with E-state index >= 15 is 0 Å². The molecule has 4 bridgehead atoms. The van der Waals surface area contributed by atoms with Gasteiger partial charge in [0.25, 0.3) is 0 Å². The summed E-state index contributed by atoms with van der Waals surface area (Å²) in [5.41, 5.74) is -0.793. The Morgan fingerprint density at radius 2 is 1.24 bits per heavy atom. The fraction of sp³-hybridized carbons (Fsp3) is 0.889. The van der Waals surface area contributed by atoms with E-state index in [-0.39, 0.29) is 11.9 Å². The van der Waals surface area contributed by atoms with Crippen LogP contribution >= 0.6 is 0 Å². The molecule has 0 saturated heterocycles. The predicted octanol–water partition coefficient (Wildman–Crippen LogP) is 3.71. The predicted molar refractivity (Wildman–Crippen MR) is 78.2 cm³/mol. The van der Waals surface area contributed by atoms with Gasteiger partial charge in [0, 0.05) is 0 Å². The lowest BCUT2D eigenvalue weighted by Crippen LogP contribution is -2.41. The monoisotopic (exact) mass is 290 g/mol. The molecular weight excluding hydrogens is 264 g/mol. The van der Waals surface area contributed by atoms with E-state index in [9.17, 15) is 9.59 Å². The van der Waals surface area contributed by atoms with Crippen molar-refractivity contribution in [3.05, 3.63) is 0 Å². The van der Waals surface area contributed by atoms with Crippen LogP contribution in [-0.2, 0) is 14.3 Å². The Balaban J connectivity index is 1.46. The van der Waals surface area contributed by atoms with Crippen molar-refractivity contribution in [2.75, 3.05) is 0 Å². The smallest absolute Gasteiger partial charge is 0.319 e. The molecular formula is C18H26O3. The minimum absolute atomic E-state index is 0.233. The number of ether oxygens (including phenoxy) is 1. The Kier molecular flexibility index (Phi) is 2.84. The molecule has 0 spiro atoms. The first kappa shape index (κ1) is 13.8. The number of fused-ring (bicyclic) bond motifs is 4. The van der Waals surface area contributed by atoms with E-state index in [4.69, 9.17) is 4.74 Å². The van der Waals surface area contributed by atoms with E-state index in [0.29, 0.717) is 23.7 Å². The molecule has 4 fully saturated rings. The highest BCUT2D eigenvalue weighted by atomic mass is 16.6. The first-order valence-electron chi connectivity index (χ1n) is 8.68. The standard InChI is InChI=1S/C18H26O3/c1-17(9-11-3-5-13(17)7-11)15(19)21-16(20)18(2)10-12-4-6-14(18)8-12/h11-14H,3-10H2,1-2H3. The molecule has 3 heteroatoms. The fourth-order valence-electron chi connectivity index (χ4n) is 6.03. The average Bonchev–Trinajstić information content (AvgIpc) is 3.17. The van der Waals surface area contributed by atoms with E-state index in [1.165, 1.54) is 12.8 Å². The van der Waals surface area contributed by atoms with Crippen molar-refractivity contribution in [2.45, 2.75) is 65.2 Å². The van der Waals surface area contributed by atoms with E-state index in [2.05, 4.69) is 0 Å². The van der Waals surface area contributed by atoms with Gasteiger partial charge in [-0.05, 0) is 76.0 Å². The van der Waals surface area contributed by atoms with Gasteiger partial charge >= 0.3 is 11.9 Å². The van der Waals surface area contributed by atoms with Gasteiger partial charge in [0.05, 0.1) is 10.8 Å². The Morgan fingerprint density at radius 1 is 0.810 bits per heavy atom. The summed E-state index contributed by atoms with van der Waals surface area (Å²) in [6, 6.07) is 0. The Hall–Kier alpha value is -0.860. The van der Waals surface area contributed by atoms with Crippen LogP contribution in [0.2, 0.25) is 0 Å². The van der Waals surface area contributed by atoms with Crippen LogP contribution in [-0.4, -0.2) is 11.9 Å². The van der Waals surface area contributed by atoms with Gasteiger partial charge < -0.3 is 4.74 Å². The van der Waals surface area contributed by atoms with Crippen molar-refractivity contribution in [3.63, 3.8) is 0 Å². The maximum absolute atomic E-state index is 12.6. The molecule has 0 aromatic carbocycles. The fourth-order valence-corrected chi connectivity index (χ4v) is 6.03. The van der Waals surface area contributed by atoms with Gasteiger partial charge in [0.2, 0.25) is 0 Å². The first-order valence-corrected chi connectivity index (χ1v) is 8.68. The van der Waals surface area contributed by atoms with E-state index in [1.54, 1.807) is 0 Å². The van der Waals surface area contributed by atoms with Crippen LogP contribution in [0.15, 0.2) is 0 Å². The second-order valence-electron chi connectivity index (χ2n) is 8.67. The van der Waals surface area contributed by atoms with Crippen LogP contribution in [0, 0.1) is 34.5 Å². The van der Waals surface area contributed by atoms with Crippen molar-refractivity contribution in [1.29, 1.82) is 0 Å². The summed E-state index contributed by atoms with van der Waals surface area (Å²) in [6.07, 6.45) is 8.92. The number of rotatable bonds is 2. The molecule has 0 heterocycles. The van der Waals surface area contributed by atoms with Gasteiger partial charge in [-0.3, -0.25) is 9.59 Å². The summed E-state index contributed by atoms with van der Waals surface area (Å²) in [5, 5.41) is 0. The molecule has 0 aliphatic heterocycles. The van der Waals surface area contributed by atoms with Crippen LogP contribution in [0.4, 0.5) is 0 Å². The van der Waals surface area contributed by atoms with Gasteiger partial charge in [-0.25, -0.2) is 0 Å². The lowest BCUT2D eigenvalue weighted by molar-refractivity contribution is -0.177. The SMILES string of the molecule is CC1(C(=O)OC(=O)C2(C)CC3CCC2C3)CC2CCC1C2. The summed E-state index contributed by atoms with van der Waals surface area (Å²) in [6.45, 7) is 4.05. The van der Waals surface area contributed by atoms with Crippen LogP contribution in [0.1, 0.15) is 65.2 Å². The van der Waals surface area contributed by atoms with Crippen LogP contribution in [0.3, 0.4) is 0 Å². The summed E-state index contributed by atoms with van der Waals surface area (Å²) in [5.74, 6) is 1.78. The van der Waals surface area contributed by atoms with Gasteiger partial charge in [-0.15, -0.1) is 0 Å². The topological polar surface area (TPSA) is 43.4 Å². The summed E-state index contributed by atoms with van der Waals surface area (Å²) < 4.78 is 5.45. The number of hydrogen-bond acceptors (Lipinski definition) is 3. The zero-order valence-corrected chi connectivity index (χ0v) is 13.2. The molecule has 0 radical (unpaired) electrons. The highest BCUT2D eigenvalue weighted by Crippen LogP contribution is 2.58. The Bertz CT molecular complexity index is 455. The minimum atomic E-state index is -0.396. The van der Waals surface area contributed by atoms with Crippen molar-refractivity contribution in [2.24, 2.45) is 34.5 Å². The molecule has 4 aliphatic carbocycles. The van der Waals surface area contributed by atoms with E-state index < -0.39 is 10.8 Å². The van der Waals surface area contributed by atoms with Crippen LogP contribution in [0.25, 0.3) is 0 Å². The second kappa shape index (κ2) is 4.33. The third-order valence-corrected chi connectivity index (χ3v) is 7.43. The molecule has 4 rings (SSSR count). The molecule has 0 aromatic heterocycles. The van der Waals surface area contributed by atoms with Gasteiger partial charge in [0.1, 0.15) is 0 Å². The third-order valence-electron chi connectivity index (χ3n) is 7.43. The molecule has 0 N–H and O–H groups in total. The largest absolute Gasteiger partial charge is 0.392 e. The number of carbonyl (C=O) groups excluding carboxylic acids is 2. The number of esters is 2. The minimum Gasteiger partial charge on any atom is -0.392 e. The highest BCUT2D eigenvalue weighted by Gasteiger charge is 2.57. The normalized spacial score (nSPS) is 50.6. The molecule has 6 atom stereocenters. The highest BCUT2D eigenvalue weighted by molar-refractivity contribution is 5.92. The van der Waals surface area contributed by atoms with Gasteiger partial charge in [-0.2, -0.15) is 0 Å². The van der Waals surface area contributed by atoms with Crippen LogP contribution in [0.5, 0.6) is 0 Å². The quantitative estimate of drug-likeness (QED) is 0.575. The molecule has 0 amide bonds. The maximum Gasteiger partial charge on any atom is 0.319 e. The van der Waals surface area contributed by atoms with Crippen molar-refractivity contribution >= 4 is 11.9 Å². The summed E-state index contributed by atoms with van der Waals surface area (Å²) >= 11 is 0. The molecule has 0 aromatic rings. The van der Waals surface area contributed by atoms with Crippen molar-refractivity contribution in [3.8, 4) is 0 Å². The van der Waals surface area contributed by atoms with Crippen molar-refractivity contribution < 1.29 is 14.3 Å². The lowest BCUT2D eigenvalue weighted by Gasteiger charge is -2.34. The average molecular weight is 290 g/mol. The molecule has 4 saturated carbocycles. The van der Waals surface area contributed by atoms with E-state index in [1.807, 2.05) is 13.8 Å². The maximum atomic E-state index is 12.6. The Labute approximate surface area is 126 Å². The van der Waals surface area contributed by atoms with E-state index in [0.717, 1.165) is 38.5 Å². The second-order valence-corrected chi connectivity index (χ2v) is 8.67. The summed E-state index contributed by atoms with van der Waals surface area (Å²) in [4.78, 5) is 25.3. The zero-order valence-electron chi connectivity index (χ0n) is 13.2.